The van der Waals surface area contributed by atoms with Gasteiger partial charge in [-0.05, 0) is 64.1 Å². The molecule has 0 atom stereocenters. The van der Waals surface area contributed by atoms with Gasteiger partial charge >= 0.3 is 0 Å². The second-order valence-electron chi connectivity index (χ2n) is 8.83. The van der Waals surface area contributed by atoms with Gasteiger partial charge in [0.1, 0.15) is 17.4 Å². The predicted octanol–water partition coefficient (Wildman–Crippen LogP) is 5.68. The van der Waals surface area contributed by atoms with Gasteiger partial charge in [-0.2, -0.15) is 5.10 Å². The maximum Gasteiger partial charge on any atom is 0.159 e. The summed E-state index contributed by atoms with van der Waals surface area (Å²) in [4.78, 5) is 20.4. The lowest BCUT2D eigenvalue weighted by molar-refractivity contribution is -0.122. The van der Waals surface area contributed by atoms with E-state index in [9.17, 15) is 9.59 Å². The van der Waals surface area contributed by atoms with Crippen molar-refractivity contribution in [3.63, 3.8) is 0 Å². The Kier molecular flexibility index (Phi) is 9.93. The van der Waals surface area contributed by atoms with Crippen LogP contribution in [0.15, 0.2) is 97.3 Å². The summed E-state index contributed by atoms with van der Waals surface area (Å²) in [6, 6.07) is 28.0. The summed E-state index contributed by atoms with van der Waals surface area (Å²) >= 11 is 0. The van der Waals surface area contributed by atoms with E-state index in [0.717, 1.165) is 17.2 Å². The van der Waals surface area contributed by atoms with E-state index in [1.54, 1.807) is 10.7 Å². The van der Waals surface area contributed by atoms with Gasteiger partial charge in [-0.25, -0.2) is 9.36 Å². The maximum absolute atomic E-state index is 10.2. The van der Waals surface area contributed by atoms with E-state index in [1.807, 2.05) is 83.8 Å². The monoisotopic (exact) mass is 510 g/mol. The molecule has 0 aliphatic carbocycles. The summed E-state index contributed by atoms with van der Waals surface area (Å²) in [5.41, 5.74) is 9.98. The number of carbonyl (C=O) groups excluding carboxylic acids is 2. The number of para-hydroxylation sites is 2. The van der Waals surface area contributed by atoms with E-state index in [0.29, 0.717) is 18.7 Å². The van der Waals surface area contributed by atoms with Crippen molar-refractivity contribution in [1.29, 1.82) is 0 Å². The Bertz CT molecular complexity index is 1410. The van der Waals surface area contributed by atoms with E-state index in [4.69, 9.17) is 5.73 Å². The first-order valence-electron chi connectivity index (χ1n) is 12.4. The minimum atomic E-state index is 0.0835. The number of Topliss-reactive ketones (excluding diaryl/α,β-unsaturated/α-hetero) is 2. The molecule has 0 saturated heterocycles. The van der Waals surface area contributed by atoms with Crippen molar-refractivity contribution >= 4 is 17.4 Å². The zero-order valence-electron chi connectivity index (χ0n) is 22.3. The Morgan fingerprint density at radius 3 is 1.53 bits per heavy atom. The summed E-state index contributed by atoms with van der Waals surface area (Å²) in [7, 11) is 0. The first kappa shape index (κ1) is 27.9. The maximum atomic E-state index is 10.2. The number of benzene rings is 2. The largest absolute Gasteiger partial charge is 0.382 e. The Labute approximate surface area is 223 Å². The molecule has 0 radical (unpaired) electrons. The second kappa shape index (κ2) is 13.5. The lowest BCUT2D eigenvalue weighted by atomic mass is 10.2. The Hall–Kier alpha value is -4.72. The molecule has 0 unspecified atom stereocenters. The van der Waals surface area contributed by atoms with E-state index in [-0.39, 0.29) is 11.6 Å². The average molecular weight is 511 g/mol. The molecule has 8 nitrogen and oxygen atoms in total. The zero-order valence-corrected chi connectivity index (χ0v) is 22.3. The topological polar surface area (TPSA) is 101 Å². The molecule has 0 aliphatic heterocycles. The number of nitrogen functional groups attached to an aromatic ring is 1. The SMILES string of the molecule is CC(=O)CCC(C)=O.Cc1ccc(C)n1-c1ccn(-c2ccccc2)n1.Nc1ccn(-c2ccccc2)n1. The number of nitrogens with two attached hydrogens (primary N) is 1. The van der Waals surface area contributed by atoms with Gasteiger partial charge in [0.25, 0.3) is 0 Å². The average Bonchev–Trinajstić information content (AvgIpc) is 3.65. The van der Waals surface area contributed by atoms with Crippen molar-refractivity contribution in [1.82, 2.24) is 24.1 Å². The van der Waals surface area contributed by atoms with Crippen LogP contribution in [0.5, 0.6) is 0 Å². The molecule has 0 amide bonds. The molecule has 0 saturated carbocycles. The van der Waals surface area contributed by atoms with E-state index in [1.165, 1.54) is 25.2 Å². The summed E-state index contributed by atoms with van der Waals surface area (Å²) < 4.78 is 5.79. The van der Waals surface area contributed by atoms with Crippen LogP contribution >= 0.6 is 0 Å². The fourth-order valence-corrected chi connectivity index (χ4v) is 3.60. The van der Waals surface area contributed by atoms with Crippen LogP contribution in [-0.2, 0) is 9.59 Å². The molecule has 38 heavy (non-hydrogen) atoms. The molecule has 0 bridgehead atoms. The highest BCUT2D eigenvalue weighted by Gasteiger charge is 2.07. The number of ketones is 2. The van der Waals surface area contributed by atoms with Crippen LogP contribution in [0, 0.1) is 13.8 Å². The molecule has 8 heteroatoms. The van der Waals surface area contributed by atoms with Crippen LogP contribution < -0.4 is 5.73 Å². The number of nitrogens with zero attached hydrogens (tertiary/aromatic N) is 5. The Balaban J connectivity index is 0.000000173. The van der Waals surface area contributed by atoms with Crippen molar-refractivity contribution in [3.8, 4) is 17.2 Å². The van der Waals surface area contributed by atoms with E-state index in [2.05, 4.69) is 40.7 Å². The van der Waals surface area contributed by atoms with Crippen LogP contribution in [0.4, 0.5) is 5.82 Å². The van der Waals surface area contributed by atoms with Crippen LogP contribution in [0.25, 0.3) is 17.2 Å². The third-order valence-electron chi connectivity index (χ3n) is 5.56. The van der Waals surface area contributed by atoms with Crippen LogP contribution in [0.1, 0.15) is 38.1 Å². The standard InChI is InChI=1S/C15H15N3.C9H9N3.C6H10O2/c1-12-8-9-13(2)18(12)15-10-11-17(16-15)14-6-4-3-5-7-14;10-9-6-7-12(11-9)8-4-2-1-3-5-8;1-5(7)3-4-6(2)8/h3-11H,1-2H3;1-7H,(H2,10,11);3-4H2,1-2H3. The number of aromatic nitrogens is 5. The molecule has 2 aromatic carbocycles. The van der Waals surface area contributed by atoms with Crippen molar-refractivity contribution in [3.05, 3.63) is 109 Å². The second-order valence-corrected chi connectivity index (χ2v) is 8.83. The quantitative estimate of drug-likeness (QED) is 0.317. The van der Waals surface area contributed by atoms with Gasteiger partial charge in [-0.3, -0.25) is 0 Å². The molecule has 3 aromatic heterocycles. The molecule has 0 spiro atoms. The smallest absolute Gasteiger partial charge is 0.159 e. The number of hydrogen-bond donors (Lipinski definition) is 1. The minimum absolute atomic E-state index is 0.0835. The lowest BCUT2D eigenvalue weighted by Gasteiger charge is -2.05. The molecular weight excluding hydrogens is 476 g/mol. The summed E-state index contributed by atoms with van der Waals surface area (Å²) in [5.74, 6) is 1.66. The fraction of sp³-hybridized carbons (Fsp3) is 0.200. The molecule has 3 heterocycles. The highest BCUT2D eigenvalue weighted by Crippen LogP contribution is 2.16. The van der Waals surface area contributed by atoms with E-state index >= 15 is 0 Å². The van der Waals surface area contributed by atoms with Crippen molar-refractivity contribution < 1.29 is 9.59 Å². The van der Waals surface area contributed by atoms with Crippen LogP contribution in [-0.4, -0.2) is 35.7 Å². The van der Waals surface area contributed by atoms with Gasteiger partial charge in [0.2, 0.25) is 0 Å². The van der Waals surface area contributed by atoms with Gasteiger partial charge in [0.15, 0.2) is 5.82 Å². The lowest BCUT2D eigenvalue weighted by Crippen LogP contribution is -2.01. The van der Waals surface area contributed by atoms with Crippen LogP contribution in [0.3, 0.4) is 0 Å². The van der Waals surface area contributed by atoms with Crippen molar-refractivity contribution in [2.45, 2.75) is 40.5 Å². The molecule has 0 aliphatic rings. The van der Waals surface area contributed by atoms with Gasteiger partial charge in [-0.1, -0.05) is 36.4 Å². The molecule has 196 valence electrons. The van der Waals surface area contributed by atoms with Gasteiger partial charge in [-0.15, -0.1) is 5.10 Å². The highest BCUT2D eigenvalue weighted by molar-refractivity contribution is 5.83. The van der Waals surface area contributed by atoms with Crippen molar-refractivity contribution in [2.75, 3.05) is 5.73 Å². The number of hydrogen-bond acceptors (Lipinski definition) is 5. The molecule has 5 aromatic rings. The van der Waals surface area contributed by atoms with E-state index < -0.39 is 0 Å². The molecular formula is C30H34N6O2. The summed E-state index contributed by atoms with van der Waals surface area (Å²) in [5, 5.41) is 8.70. The summed E-state index contributed by atoms with van der Waals surface area (Å²) in [6.07, 6.45) is 4.62. The van der Waals surface area contributed by atoms with Gasteiger partial charge in [0, 0.05) is 48.8 Å². The molecule has 0 fully saturated rings. The first-order valence-corrected chi connectivity index (χ1v) is 12.4. The normalized spacial score (nSPS) is 10.1. The van der Waals surface area contributed by atoms with Crippen molar-refractivity contribution in [2.24, 2.45) is 0 Å². The number of carbonyl (C=O) groups is 2. The number of rotatable bonds is 6. The molecule has 5 rings (SSSR count). The van der Waals surface area contributed by atoms with Gasteiger partial charge in [0.05, 0.1) is 11.4 Å². The molecule has 2 N–H and O–H groups in total. The van der Waals surface area contributed by atoms with Crippen LogP contribution in [0.2, 0.25) is 0 Å². The third-order valence-corrected chi connectivity index (χ3v) is 5.56. The minimum Gasteiger partial charge on any atom is -0.382 e. The zero-order chi connectivity index (χ0) is 27.5. The predicted molar refractivity (Wildman–Crippen MR) is 151 cm³/mol. The van der Waals surface area contributed by atoms with Gasteiger partial charge < -0.3 is 19.9 Å². The fourth-order valence-electron chi connectivity index (χ4n) is 3.60. The summed E-state index contributed by atoms with van der Waals surface area (Å²) in [6.45, 7) is 7.16. The Morgan fingerprint density at radius 2 is 1.11 bits per heavy atom. The number of aryl methyl sites for hydroxylation is 2. The third kappa shape index (κ3) is 8.16. The number of anilines is 1. The Morgan fingerprint density at radius 1 is 0.658 bits per heavy atom. The first-order chi connectivity index (χ1) is 18.2. The highest BCUT2D eigenvalue weighted by atomic mass is 16.1.